The van der Waals surface area contributed by atoms with Crippen molar-refractivity contribution in [3.05, 3.63) is 154 Å². The number of benzene rings is 1. The second-order valence-corrected chi connectivity index (χ2v) is 24.0. The standard InChI is InChI=1S/C26H32N4O.C15H26BNO2.C9H14BrN.C9H15N.C7H11N.C2H6O.3C2H6/c1-7-30-18(4)16(2)25(19(30)5)21-11-12-24(28-17(21)3)29-14-13-20-9-8-10-22(23(20)15-29)26(31)27-6;1-9-17-11(3)10(2)13(12(17)4)16-18-14(5,6)15(7,8)19-16;1-5-11-7(3)6(2)9(10)8(11)4;1-5-10-8(3)6-7(2)9(10)4;1-5-4-6(2)8-7(5)3;1-2-3;3*1-2/h8-12H,7,13-15H2,1-6H3,(H,27,31);9H2,1-8H3;5H2,1-4H3;6H,5H2,1-4H3;4,8H,1-3H3;3H,2H2,1H3;3*1-2H3. The number of nitrogens with one attached hydrogen (secondary N) is 2. The molecule has 14 heteroatoms. The molecule has 1 fully saturated rings. The normalized spacial score (nSPS) is 13.1. The zero-order valence-electron chi connectivity index (χ0n) is 61.5. The number of amides is 1. The van der Waals surface area contributed by atoms with E-state index in [1.54, 1.807) is 14.0 Å². The van der Waals surface area contributed by atoms with Crippen LogP contribution in [-0.2, 0) is 48.5 Å². The van der Waals surface area contributed by atoms with Crippen LogP contribution >= 0.6 is 15.9 Å². The van der Waals surface area contributed by atoms with E-state index in [2.05, 4.69) is 246 Å². The molecule has 0 saturated carbocycles. The number of anilines is 1. The molecule has 1 amide bonds. The Hall–Kier alpha value is -5.54. The average molecular weight is 1280 g/mol. The van der Waals surface area contributed by atoms with Gasteiger partial charge in [0.1, 0.15) is 5.82 Å². The maximum atomic E-state index is 12.4. The summed E-state index contributed by atoms with van der Waals surface area (Å²) in [5.41, 5.74) is 27.3. The summed E-state index contributed by atoms with van der Waals surface area (Å²) < 4.78 is 23.0. The summed E-state index contributed by atoms with van der Waals surface area (Å²) in [6, 6.07) is 14.8. The number of carbonyl (C=O) groups excluding carboxylic acids is 1. The molecule has 2 aliphatic rings. The predicted octanol–water partition coefficient (Wildman–Crippen LogP) is 18.1. The number of rotatable bonds is 8. The largest absolute Gasteiger partial charge is 0.496 e. The zero-order valence-corrected chi connectivity index (χ0v) is 63.1. The quantitative estimate of drug-likeness (QED) is 0.130. The minimum absolute atomic E-state index is 0.0278. The van der Waals surface area contributed by atoms with Crippen LogP contribution in [0, 0.1) is 111 Å². The van der Waals surface area contributed by atoms with Crippen LogP contribution in [0.15, 0.2) is 46.9 Å². The first-order chi connectivity index (χ1) is 41.4. The highest BCUT2D eigenvalue weighted by Gasteiger charge is 2.53. The van der Waals surface area contributed by atoms with Crippen LogP contribution in [0.1, 0.15) is 216 Å². The van der Waals surface area contributed by atoms with Crippen LogP contribution in [0.3, 0.4) is 0 Å². The number of pyridine rings is 1. The molecule has 0 aliphatic carbocycles. The molecule has 0 unspecified atom stereocenters. The number of halogens is 1. The van der Waals surface area contributed by atoms with E-state index in [1.807, 2.05) is 53.7 Å². The lowest BCUT2D eigenvalue weighted by Crippen LogP contribution is -2.41. The van der Waals surface area contributed by atoms with Crippen molar-refractivity contribution in [2.24, 2.45) is 0 Å². The zero-order chi connectivity index (χ0) is 68.0. The van der Waals surface area contributed by atoms with E-state index in [4.69, 9.17) is 19.4 Å². The Morgan fingerprint density at radius 2 is 1.12 bits per heavy atom. The first kappa shape index (κ1) is 80.5. The van der Waals surface area contributed by atoms with Gasteiger partial charge in [-0.05, 0) is 265 Å². The van der Waals surface area contributed by atoms with Gasteiger partial charge in [0.2, 0.25) is 0 Å². The lowest BCUT2D eigenvalue weighted by Gasteiger charge is -2.32. The second-order valence-electron chi connectivity index (χ2n) is 23.2. The lowest BCUT2D eigenvalue weighted by atomic mass is 9.76. The molecular formula is C74H122BBrN8O4. The Labute approximate surface area is 545 Å². The minimum Gasteiger partial charge on any atom is -0.399 e. The Balaban J connectivity index is 0.000000579. The highest BCUT2D eigenvalue weighted by molar-refractivity contribution is 9.10. The van der Waals surface area contributed by atoms with Crippen molar-refractivity contribution in [1.82, 2.24) is 33.6 Å². The lowest BCUT2D eigenvalue weighted by molar-refractivity contribution is 0.00578. The average Bonchev–Trinajstić information content (AvgIpc) is 2.02. The molecule has 1 saturated heterocycles. The molecule has 2 aliphatic heterocycles. The summed E-state index contributed by atoms with van der Waals surface area (Å²) in [6.07, 6.45) is 0.916. The number of aromatic nitrogens is 6. The van der Waals surface area contributed by atoms with E-state index in [-0.39, 0.29) is 30.8 Å². The fourth-order valence-corrected chi connectivity index (χ4v) is 12.2. The Morgan fingerprint density at radius 3 is 1.49 bits per heavy atom. The van der Waals surface area contributed by atoms with Crippen LogP contribution in [0.2, 0.25) is 0 Å². The van der Waals surface area contributed by atoms with Crippen LogP contribution in [-0.4, -0.2) is 77.8 Å². The molecule has 3 N–H and O–H groups in total. The van der Waals surface area contributed by atoms with Gasteiger partial charge in [0, 0.05) is 142 Å². The van der Waals surface area contributed by atoms with Gasteiger partial charge in [-0.1, -0.05) is 53.7 Å². The van der Waals surface area contributed by atoms with Gasteiger partial charge in [-0.3, -0.25) is 4.79 Å². The second kappa shape index (κ2) is 37.0. The van der Waals surface area contributed by atoms with Crippen LogP contribution in [0.25, 0.3) is 11.1 Å². The van der Waals surface area contributed by atoms with Gasteiger partial charge >= 0.3 is 7.12 Å². The van der Waals surface area contributed by atoms with E-state index in [9.17, 15) is 4.79 Å². The van der Waals surface area contributed by atoms with Crippen molar-refractivity contribution >= 4 is 40.2 Å². The van der Waals surface area contributed by atoms with Crippen molar-refractivity contribution in [3.8, 4) is 11.1 Å². The third kappa shape index (κ3) is 19.0. The fourth-order valence-electron chi connectivity index (χ4n) is 11.7. The monoisotopic (exact) mass is 1280 g/mol. The van der Waals surface area contributed by atoms with Crippen LogP contribution < -0.4 is 15.7 Å². The van der Waals surface area contributed by atoms with Gasteiger partial charge in [-0.25, -0.2) is 4.98 Å². The SMILES string of the molecule is CC.CC.CC.CCO.CCn1c(C)c(C)c(-c2ccc(N3CCc4cccc(C(=O)NC)c4C3)nc2C)c1C.CCn1c(C)c(C)c(B2OC(C)(C)C(C)(C)O2)c1C.CCn1c(C)c(C)c(Br)c1C.CCn1c(C)cc(C)c1C.Cc1cc(C)c(C)[nH]1. The van der Waals surface area contributed by atoms with Gasteiger partial charge in [0.15, 0.2) is 0 Å². The molecule has 0 atom stereocenters. The molecule has 492 valence electrons. The topological polar surface area (TPSA) is 119 Å². The first-order valence-corrected chi connectivity index (χ1v) is 33.6. The molecule has 7 aromatic rings. The molecule has 12 nitrogen and oxygen atoms in total. The summed E-state index contributed by atoms with van der Waals surface area (Å²) in [5, 5.41) is 10.3. The highest BCUT2D eigenvalue weighted by Crippen LogP contribution is 2.38. The minimum atomic E-state index is -0.279. The van der Waals surface area contributed by atoms with Crippen molar-refractivity contribution in [2.45, 2.75) is 265 Å². The number of aryl methyl sites for hydroxylation is 6. The van der Waals surface area contributed by atoms with E-state index in [1.165, 1.54) is 111 Å². The van der Waals surface area contributed by atoms with Gasteiger partial charge in [0.25, 0.3) is 5.91 Å². The molecule has 8 heterocycles. The summed E-state index contributed by atoms with van der Waals surface area (Å²) in [5.74, 6) is 0.945. The molecule has 6 aromatic heterocycles. The summed E-state index contributed by atoms with van der Waals surface area (Å²) >= 11 is 3.57. The van der Waals surface area contributed by atoms with Crippen LogP contribution in [0.4, 0.5) is 5.82 Å². The predicted molar refractivity (Wildman–Crippen MR) is 385 cm³/mol. The molecule has 88 heavy (non-hydrogen) atoms. The molecule has 0 spiro atoms. The van der Waals surface area contributed by atoms with Gasteiger partial charge in [0.05, 0.1) is 11.2 Å². The number of H-pyrrole nitrogens is 1. The number of fused-ring (bicyclic) bond motifs is 1. The van der Waals surface area contributed by atoms with Crippen molar-refractivity contribution in [2.75, 3.05) is 25.1 Å². The maximum absolute atomic E-state index is 12.4. The highest BCUT2D eigenvalue weighted by atomic mass is 79.9. The molecule has 0 bridgehead atoms. The Bertz CT molecular complexity index is 3230. The number of aliphatic hydroxyl groups is 1. The number of aromatic amines is 1. The van der Waals surface area contributed by atoms with Crippen LogP contribution in [0.5, 0.6) is 0 Å². The van der Waals surface area contributed by atoms with E-state index >= 15 is 0 Å². The Morgan fingerprint density at radius 1 is 0.636 bits per heavy atom. The van der Waals surface area contributed by atoms with E-state index in [0.29, 0.717) is 6.54 Å². The number of carbonyl (C=O) groups is 1. The molecule has 1 aromatic carbocycles. The fraction of sp³-hybridized carbons (Fsp3) is 0.568. The van der Waals surface area contributed by atoms with E-state index < -0.39 is 0 Å². The molecule has 9 rings (SSSR count). The van der Waals surface area contributed by atoms with Gasteiger partial charge in [-0.2, -0.15) is 0 Å². The van der Waals surface area contributed by atoms with Gasteiger partial charge < -0.3 is 47.9 Å². The third-order valence-electron chi connectivity index (χ3n) is 17.6. The van der Waals surface area contributed by atoms with E-state index in [0.717, 1.165) is 61.8 Å². The van der Waals surface area contributed by atoms with Crippen molar-refractivity contribution in [1.29, 1.82) is 0 Å². The summed E-state index contributed by atoms with van der Waals surface area (Å²) in [7, 11) is 1.43. The Kier molecular flexibility index (Phi) is 33.8. The summed E-state index contributed by atoms with van der Waals surface area (Å²) in [6.45, 7) is 71.2. The number of nitrogens with zero attached hydrogens (tertiary/aromatic N) is 6. The smallest absolute Gasteiger partial charge is 0.399 e. The number of aliphatic hydroxyl groups excluding tert-OH is 1. The number of hydrogen-bond donors (Lipinski definition) is 3. The third-order valence-corrected chi connectivity index (χ3v) is 18.8. The molecule has 0 radical (unpaired) electrons. The van der Waals surface area contributed by atoms with Gasteiger partial charge in [-0.15, -0.1) is 0 Å². The number of hydrogen-bond acceptors (Lipinski definition) is 6. The maximum Gasteiger partial charge on any atom is 0.496 e. The first-order valence-electron chi connectivity index (χ1n) is 32.8. The summed E-state index contributed by atoms with van der Waals surface area (Å²) in [4.78, 5) is 22.9. The van der Waals surface area contributed by atoms with Crippen molar-refractivity contribution < 1.29 is 19.2 Å². The van der Waals surface area contributed by atoms with Crippen molar-refractivity contribution in [3.63, 3.8) is 0 Å². The molecular weight excluding hydrogens is 1160 g/mol.